The monoisotopic (exact) mass is 597 g/mol. The maximum absolute atomic E-state index is 4.58. The van der Waals surface area contributed by atoms with Crippen molar-refractivity contribution in [1.29, 1.82) is 0 Å². The van der Waals surface area contributed by atoms with Crippen LogP contribution in [0.25, 0.3) is 67.8 Å². The molecule has 6 aromatic carbocycles. The van der Waals surface area contributed by atoms with Crippen LogP contribution >= 0.6 is 22.7 Å². The summed E-state index contributed by atoms with van der Waals surface area (Å²) in [6.45, 7) is 0. The van der Waals surface area contributed by atoms with E-state index in [0.717, 1.165) is 34.7 Å². The van der Waals surface area contributed by atoms with Crippen molar-refractivity contribution in [2.24, 2.45) is 10.2 Å². The van der Waals surface area contributed by atoms with Gasteiger partial charge in [-0.05, 0) is 41.5 Å². The topological polar surface area (TPSA) is 29.6 Å². The fraction of sp³-hybridized carbons (Fsp3) is 0.0256. The fourth-order valence-corrected chi connectivity index (χ4v) is 9.58. The molecule has 0 saturated heterocycles. The van der Waals surface area contributed by atoms with Crippen LogP contribution < -0.4 is 0 Å². The van der Waals surface area contributed by atoms with Crippen LogP contribution in [0, 0.1) is 0 Å². The summed E-state index contributed by atoms with van der Waals surface area (Å²) in [4.78, 5) is 0. The van der Waals surface area contributed by atoms with E-state index >= 15 is 0 Å². The predicted octanol–water partition coefficient (Wildman–Crippen LogP) is 11.1. The maximum Gasteiger partial charge on any atom is 0.0763 e. The van der Waals surface area contributed by atoms with E-state index < -0.39 is 0 Å². The molecule has 1 aliphatic heterocycles. The Kier molecular flexibility index (Phi) is 5.09. The summed E-state index contributed by atoms with van der Waals surface area (Å²) in [5.74, 6) is 0. The second-order valence-corrected chi connectivity index (χ2v) is 13.5. The molecule has 44 heavy (non-hydrogen) atoms. The highest BCUT2D eigenvalue weighted by Gasteiger charge is 2.24. The number of thiophene rings is 2. The van der Waals surface area contributed by atoms with E-state index in [1.54, 1.807) is 0 Å². The molecule has 3 aromatic heterocycles. The van der Waals surface area contributed by atoms with Gasteiger partial charge in [0, 0.05) is 58.5 Å². The van der Waals surface area contributed by atoms with Crippen molar-refractivity contribution in [3.8, 4) is 5.69 Å². The molecule has 206 valence electrons. The molecule has 0 radical (unpaired) electrons. The number of para-hydroxylation sites is 1. The van der Waals surface area contributed by atoms with Gasteiger partial charge in [-0.15, -0.1) is 22.7 Å². The minimum Gasteiger partial charge on any atom is -0.308 e. The third-order valence-corrected chi connectivity index (χ3v) is 11.3. The average molecular weight is 598 g/mol. The van der Waals surface area contributed by atoms with E-state index in [1.807, 2.05) is 28.7 Å². The van der Waals surface area contributed by atoms with Gasteiger partial charge >= 0.3 is 0 Å². The molecule has 5 heteroatoms. The van der Waals surface area contributed by atoms with Crippen molar-refractivity contribution in [3.63, 3.8) is 0 Å². The van der Waals surface area contributed by atoms with E-state index in [0.29, 0.717) is 0 Å². The minimum absolute atomic E-state index is 0.740. The Bertz CT molecular complexity index is 2670. The van der Waals surface area contributed by atoms with Crippen molar-refractivity contribution in [1.82, 2.24) is 4.57 Å². The van der Waals surface area contributed by atoms with Gasteiger partial charge in [-0.1, -0.05) is 97.1 Å². The number of benzene rings is 6. The second kappa shape index (κ2) is 9.20. The first-order valence-corrected chi connectivity index (χ1v) is 16.4. The molecule has 0 unspecified atom stereocenters. The minimum atomic E-state index is 0.740. The van der Waals surface area contributed by atoms with Crippen LogP contribution in [0.5, 0.6) is 0 Å². The van der Waals surface area contributed by atoms with Gasteiger partial charge in [0.25, 0.3) is 0 Å². The van der Waals surface area contributed by atoms with E-state index in [1.165, 1.54) is 62.2 Å². The van der Waals surface area contributed by atoms with Crippen LogP contribution in [0.3, 0.4) is 0 Å². The Labute approximate surface area is 260 Å². The van der Waals surface area contributed by atoms with Crippen LogP contribution in [0.4, 0.5) is 0 Å². The van der Waals surface area contributed by atoms with Crippen LogP contribution in [-0.4, -0.2) is 16.0 Å². The number of hydrogen-bond donors (Lipinski definition) is 0. The molecular weight excluding hydrogens is 575 g/mol. The first-order chi connectivity index (χ1) is 21.8. The number of aromatic nitrogens is 1. The lowest BCUT2D eigenvalue weighted by Gasteiger charge is -2.10. The number of hydrogen-bond acceptors (Lipinski definition) is 4. The highest BCUT2D eigenvalue weighted by molar-refractivity contribution is 7.30. The SMILES string of the molecule is c1ccc(C2=NN=C(c3ccc(-n4c5ccccc5c5c6c7ccccc7sc6c6c7ccccc7sc6c54)cc3)C2)cc1. The summed E-state index contributed by atoms with van der Waals surface area (Å²) in [7, 11) is 0. The molecule has 9 aromatic rings. The Morgan fingerprint density at radius 2 is 1.05 bits per heavy atom. The summed E-state index contributed by atoms with van der Waals surface area (Å²) >= 11 is 3.84. The third kappa shape index (κ3) is 3.36. The second-order valence-electron chi connectivity index (χ2n) is 11.4. The Hall–Kier alpha value is -5.10. The molecule has 0 saturated carbocycles. The molecule has 4 heterocycles. The van der Waals surface area contributed by atoms with Crippen molar-refractivity contribution < 1.29 is 0 Å². The van der Waals surface area contributed by atoms with Crippen molar-refractivity contribution >= 4 is 96.2 Å². The number of nitrogens with zero attached hydrogens (tertiary/aromatic N) is 3. The largest absolute Gasteiger partial charge is 0.308 e. The highest BCUT2D eigenvalue weighted by Crippen LogP contribution is 2.51. The zero-order chi connectivity index (χ0) is 28.8. The fourth-order valence-electron chi connectivity index (χ4n) is 6.99. The van der Waals surface area contributed by atoms with Crippen LogP contribution in [-0.2, 0) is 0 Å². The van der Waals surface area contributed by atoms with Gasteiger partial charge in [0.05, 0.1) is 27.2 Å². The summed E-state index contributed by atoms with van der Waals surface area (Å²) in [6, 6.07) is 45.9. The van der Waals surface area contributed by atoms with Gasteiger partial charge in [0.15, 0.2) is 0 Å². The summed E-state index contributed by atoms with van der Waals surface area (Å²) in [5.41, 5.74) is 7.95. The molecule has 0 spiro atoms. The Balaban J connectivity index is 1.24. The van der Waals surface area contributed by atoms with Gasteiger partial charge in [-0.25, -0.2) is 0 Å². The molecule has 0 N–H and O–H groups in total. The Morgan fingerprint density at radius 3 is 1.77 bits per heavy atom. The van der Waals surface area contributed by atoms with Gasteiger partial charge < -0.3 is 4.57 Å². The average Bonchev–Trinajstić information content (AvgIpc) is 3.87. The number of fused-ring (bicyclic) bond motifs is 12. The lowest BCUT2D eigenvalue weighted by Crippen LogP contribution is -2.05. The van der Waals surface area contributed by atoms with Crippen LogP contribution in [0.2, 0.25) is 0 Å². The standard InChI is InChI=1S/C39H23N3S2/c1-2-10-23(11-3-1)29-22-30(41-40-29)24-18-20-25(21-19-24)42-31-15-7-4-12-26(31)34-35-27-13-5-8-16-32(27)43-38(35)36-28-14-6-9-17-33(28)44-39(36)37(34)42/h1-21H,22H2. The molecule has 3 nitrogen and oxygen atoms in total. The lowest BCUT2D eigenvalue weighted by atomic mass is 10.0. The maximum atomic E-state index is 4.58. The predicted molar refractivity (Wildman–Crippen MR) is 191 cm³/mol. The summed E-state index contributed by atoms with van der Waals surface area (Å²) in [5, 5.41) is 17.2. The molecule has 0 atom stereocenters. The van der Waals surface area contributed by atoms with Crippen LogP contribution in [0.15, 0.2) is 138 Å². The highest BCUT2D eigenvalue weighted by atomic mass is 32.1. The smallest absolute Gasteiger partial charge is 0.0763 e. The van der Waals surface area contributed by atoms with E-state index in [4.69, 9.17) is 0 Å². The zero-order valence-corrected chi connectivity index (χ0v) is 25.1. The molecule has 0 fully saturated rings. The van der Waals surface area contributed by atoms with Crippen molar-refractivity contribution in [2.45, 2.75) is 6.42 Å². The van der Waals surface area contributed by atoms with Crippen molar-refractivity contribution in [3.05, 3.63) is 139 Å². The Morgan fingerprint density at radius 1 is 0.477 bits per heavy atom. The van der Waals surface area contributed by atoms with Crippen LogP contribution in [0.1, 0.15) is 17.5 Å². The lowest BCUT2D eigenvalue weighted by molar-refractivity contribution is 1.19. The first-order valence-electron chi connectivity index (χ1n) is 14.8. The molecule has 1 aliphatic rings. The van der Waals surface area contributed by atoms with Gasteiger partial charge in [0.1, 0.15) is 0 Å². The molecular formula is C39H23N3S2. The number of rotatable bonds is 3. The van der Waals surface area contributed by atoms with Gasteiger partial charge in [-0.2, -0.15) is 10.2 Å². The van der Waals surface area contributed by atoms with Crippen molar-refractivity contribution in [2.75, 3.05) is 0 Å². The van der Waals surface area contributed by atoms with Gasteiger partial charge in [0.2, 0.25) is 0 Å². The zero-order valence-electron chi connectivity index (χ0n) is 23.5. The molecule has 0 amide bonds. The third-order valence-electron chi connectivity index (χ3n) is 8.95. The van der Waals surface area contributed by atoms with Gasteiger partial charge in [-0.3, -0.25) is 0 Å². The summed E-state index contributed by atoms with van der Waals surface area (Å²) < 4.78 is 7.89. The normalized spacial score (nSPS) is 13.6. The van der Waals surface area contributed by atoms with E-state index in [9.17, 15) is 0 Å². The summed E-state index contributed by atoms with van der Waals surface area (Å²) in [6.07, 6.45) is 0.740. The molecule has 0 bridgehead atoms. The van der Waals surface area contributed by atoms with E-state index in [2.05, 4.69) is 136 Å². The van der Waals surface area contributed by atoms with E-state index in [-0.39, 0.29) is 0 Å². The quantitative estimate of drug-likeness (QED) is 0.194. The molecule has 10 rings (SSSR count). The molecule has 0 aliphatic carbocycles. The first kappa shape index (κ1) is 24.4.